The van der Waals surface area contributed by atoms with Gasteiger partial charge in [0, 0.05) is 0 Å². The molecule has 0 fully saturated rings. The Morgan fingerprint density at radius 1 is 1.38 bits per heavy atom. The van der Waals surface area contributed by atoms with E-state index in [0.717, 1.165) is 0 Å². The van der Waals surface area contributed by atoms with Crippen LogP contribution in [0.2, 0.25) is 5.76 Å². The first-order valence-electron chi connectivity index (χ1n) is 3.07. The Labute approximate surface area is 55.4 Å². The van der Waals surface area contributed by atoms with Crippen molar-refractivity contribution in [1.82, 2.24) is 0 Å². The van der Waals surface area contributed by atoms with Crippen LogP contribution >= 0.6 is 0 Å². The number of rotatable bonds is 0. The Morgan fingerprint density at radius 2 is 2.00 bits per heavy atom. The second-order valence-corrected chi connectivity index (χ2v) is 8.45. The van der Waals surface area contributed by atoms with E-state index >= 15 is 0 Å². The molecule has 0 spiro atoms. The van der Waals surface area contributed by atoms with Gasteiger partial charge in [0.15, 0.2) is 0 Å². The fourth-order valence-electron chi connectivity index (χ4n) is 0.924. The van der Waals surface area contributed by atoms with Gasteiger partial charge in [0.25, 0.3) is 0 Å². The van der Waals surface area contributed by atoms with E-state index in [1.807, 2.05) is 0 Å². The molecule has 0 saturated heterocycles. The summed E-state index contributed by atoms with van der Waals surface area (Å²) in [6.07, 6.45) is 2.28. The van der Waals surface area contributed by atoms with Crippen LogP contribution in [0.3, 0.4) is 0 Å². The molecule has 1 rings (SSSR count). The van der Waals surface area contributed by atoms with Crippen LogP contribution in [0, 0.1) is 0 Å². The second kappa shape index (κ2) is 2.10. The van der Waals surface area contributed by atoms with E-state index in [9.17, 15) is 0 Å². The molecule has 0 aliphatic carbocycles. The van der Waals surface area contributed by atoms with Gasteiger partial charge in [-0.25, -0.2) is 0 Å². The van der Waals surface area contributed by atoms with Crippen LogP contribution in [0.5, 0.6) is 0 Å². The average molecular weight is 169 g/mol. The summed E-state index contributed by atoms with van der Waals surface area (Å²) in [4.78, 5) is 2.43. The zero-order chi connectivity index (χ0) is 6.15. The van der Waals surface area contributed by atoms with Crippen LogP contribution in [-0.2, 0) is 0 Å². The summed E-state index contributed by atoms with van der Waals surface area (Å²) < 4.78 is 1.71. The van der Waals surface area contributed by atoms with Gasteiger partial charge in [0.1, 0.15) is 0 Å². The first-order chi connectivity index (χ1) is 3.72. The van der Waals surface area contributed by atoms with E-state index < -0.39 is 14.3 Å². The summed E-state index contributed by atoms with van der Waals surface area (Å²) in [5, 5.41) is 0. The van der Waals surface area contributed by atoms with Gasteiger partial charge in [-0.2, -0.15) is 0 Å². The molecule has 8 heavy (non-hydrogen) atoms. The molecular weight excluding hydrogens is 157 g/mol. The summed E-state index contributed by atoms with van der Waals surface area (Å²) in [6, 6.07) is 0. The normalized spacial score (nSPS) is 27.6. The Kier molecular flexibility index (Phi) is 1.61. The van der Waals surface area contributed by atoms with Gasteiger partial charge in [-0.1, -0.05) is 0 Å². The van der Waals surface area contributed by atoms with Crippen molar-refractivity contribution >= 4 is 14.3 Å². The fourth-order valence-corrected chi connectivity index (χ4v) is 4.45. The van der Waals surface area contributed by atoms with Crippen LogP contribution in [-0.4, -0.2) is 14.3 Å². The van der Waals surface area contributed by atoms with Crippen molar-refractivity contribution in [2.24, 2.45) is 0 Å². The van der Waals surface area contributed by atoms with E-state index in [2.05, 4.69) is 30.6 Å². The van der Waals surface area contributed by atoms with Crippen molar-refractivity contribution < 1.29 is 0 Å². The molecule has 1 unspecified atom stereocenters. The third kappa shape index (κ3) is 0.896. The van der Waals surface area contributed by atoms with Crippen molar-refractivity contribution in [1.29, 1.82) is 0 Å². The molecule has 0 saturated carbocycles. The van der Waals surface area contributed by atoms with Gasteiger partial charge in [0.05, 0.1) is 0 Å². The van der Waals surface area contributed by atoms with Crippen molar-refractivity contribution in [3.05, 3.63) is 21.0 Å². The van der Waals surface area contributed by atoms with Crippen molar-refractivity contribution in [2.75, 3.05) is 0 Å². The van der Waals surface area contributed by atoms with Crippen LogP contribution in [0.15, 0.2) is 21.0 Å². The predicted molar refractivity (Wildman–Crippen MR) is 40.5 cm³/mol. The number of hydrogen-bond acceptors (Lipinski definition) is 0. The van der Waals surface area contributed by atoms with E-state index in [4.69, 9.17) is 0 Å². The molecule has 0 aromatic rings. The van der Waals surface area contributed by atoms with Crippen molar-refractivity contribution in [2.45, 2.75) is 19.6 Å². The first kappa shape index (κ1) is 6.15. The summed E-state index contributed by atoms with van der Waals surface area (Å²) in [6.45, 7) is 4.49. The molecule has 1 heterocycles. The van der Waals surface area contributed by atoms with Gasteiger partial charge in [-0.05, 0) is 0 Å². The van der Waals surface area contributed by atoms with Crippen molar-refractivity contribution in [3.63, 3.8) is 0 Å². The topological polar surface area (TPSA) is 0 Å². The van der Waals surface area contributed by atoms with E-state index in [0.29, 0.717) is 0 Å². The van der Waals surface area contributed by atoms with Crippen molar-refractivity contribution in [3.8, 4) is 0 Å². The molecule has 44 valence electrons. The minimum absolute atomic E-state index is 0.920. The van der Waals surface area contributed by atoms with E-state index in [1.165, 1.54) is 5.57 Å². The second-order valence-electron chi connectivity index (χ2n) is 2.51. The van der Waals surface area contributed by atoms with Gasteiger partial charge in [-0.3, -0.25) is 0 Å². The molecule has 1 heteroatoms. The molecule has 0 N–H and O–H groups in total. The third-order valence-electron chi connectivity index (χ3n) is 1.94. The van der Waals surface area contributed by atoms with Crippen LogP contribution in [0.4, 0.5) is 0 Å². The quantitative estimate of drug-likeness (QED) is 0.485. The zero-order valence-corrected chi connectivity index (χ0v) is 8.15. The SMILES string of the molecule is CC1=[C](C)[GeH]([CH3])[CH]=C1. The summed E-state index contributed by atoms with van der Waals surface area (Å²) in [7, 11) is 0. The Hall–Kier alpha value is 0.0229. The molecule has 0 radical (unpaired) electrons. The molecule has 0 nitrogen and oxygen atoms in total. The fraction of sp³-hybridized carbons (Fsp3) is 0.429. The zero-order valence-electron chi connectivity index (χ0n) is 5.73. The molecular formula is C7H12Ge. The Balaban J connectivity index is 2.85. The van der Waals surface area contributed by atoms with E-state index in [-0.39, 0.29) is 0 Å². The van der Waals surface area contributed by atoms with Gasteiger partial charge < -0.3 is 0 Å². The summed E-state index contributed by atoms with van der Waals surface area (Å²) in [5.41, 5.74) is 1.53. The molecule has 0 aromatic heterocycles. The number of hydrogen-bond donors (Lipinski definition) is 0. The molecule has 1 atom stereocenters. The first-order valence-corrected chi connectivity index (χ1v) is 8.10. The summed E-state index contributed by atoms with van der Waals surface area (Å²) in [5.74, 6) is 2.41. The number of allylic oxidation sites excluding steroid dienone is 3. The molecule has 0 bridgehead atoms. The predicted octanol–water partition coefficient (Wildman–Crippen LogP) is 1.83. The van der Waals surface area contributed by atoms with Crippen LogP contribution in [0.25, 0.3) is 0 Å². The third-order valence-corrected chi connectivity index (χ3v) is 7.38. The molecule has 0 amide bonds. The monoisotopic (exact) mass is 170 g/mol. The van der Waals surface area contributed by atoms with Gasteiger partial charge in [0.2, 0.25) is 0 Å². The summed E-state index contributed by atoms with van der Waals surface area (Å²) >= 11 is -0.920. The van der Waals surface area contributed by atoms with Gasteiger partial charge in [-0.15, -0.1) is 0 Å². The minimum atomic E-state index is -0.920. The van der Waals surface area contributed by atoms with Crippen LogP contribution < -0.4 is 0 Å². The molecule has 0 aromatic carbocycles. The molecule has 1 aliphatic rings. The maximum absolute atomic E-state index is 2.43. The standard InChI is InChI=1S/C7H12Ge/c1-6-4-5-8(3)7(6)2/h4-5,8H,1-3H3. The Morgan fingerprint density at radius 3 is 2.12 bits per heavy atom. The molecule has 1 aliphatic heterocycles. The van der Waals surface area contributed by atoms with Gasteiger partial charge >= 0.3 is 54.9 Å². The maximum atomic E-state index is 2.43. The van der Waals surface area contributed by atoms with E-state index in [1.54, 1.807) is 4.41 Å². The van der Waals surface area contributed by atoms with Crippen LogP contribution in [0.1, 0.15) is 13.8 Å². The average Bonchev–Trinajstić information content (AvgIpc) is 1.98. The Bertz CT molecular complexity index is 154.